The molecule has 35 heavy (non-hydrogen) atoms. The number of hydrogen-bond acceptors (Lipinski definition) is 12. The maximum atomic E-state index is 13.1. The number of nitrogen functional groups attached to an aromatic ring is 1. The van der Waals surface area contributed by atoms with Crippen molar-refractivity contribution >= 4 is 81.1 Å². The van der Waals surface area contributed by atoms with Gasteiger partial charge in [0, 0.05) is 10.7 Å². The zero-order valence-corrected chi connectivity index (χ0v) is 22.2. The molecular weight excluding hydrogens is 542 g/mol. The average molecular weight is 564 g/mol. The Morgan fingerprint density at radius 1 is 1.40 bits per heavy atom. The van der Waals surface area contributed by atoms with Crippen molar-refractivity contribution in [2.45, 2.75) is 37.8 Å². The summed E-state index contributed by atoms with van der Waals surface area (Å²) >= 11 is 9.60. The Morgan fingerprint density at radius 3 is 2.63 bits per heavy atom. The minimum atomic E-state index is -1.22. The van der Waals surface area contributed by atoms with Crippen molar-refractivity contribution in [2.75, 3.05) is 24.3 Å². The first-order chi connectivity index (χ1) is 16.3. The number of nitrogens with two attached hydrogens (primary N) is 1. The van der Waals surface area contributed by atoms with Crippen LogP contribution in [0.4, 0.5) is 5.13 Å². The zero-order chi connectivity index (χ0) is 26.1. The highest BCUT2D eigenvalue weighted by atomic mass is 35.5. The topological polar surface area (TPSA) is 174 Å². The number of anilines is 1. The number of ether oxygens (including phenoxy) is 1. The monoisotopic (exact) mass is 563 g/mol. The molecule has 0 radical (unpaired) electrons. The van der Waals surface area contributed by atoms with E-state index in [4.69, 9.17) is 26.9 Å². The van der Waals surface area contributed by atoms with Gasteiger partial charge in [0.2, 0.25) is 6.61 Å². The fourth-order valence-corrected chi connectivity index (χ4v) is 6.31. The largest absolute Gasteiger partial charge is 0.477 e. The molecule has 0 aliphatic carbocycles. The van der Waals surface area contributed by atoms with Crippen LogP contribution in [0.3, 0.4) is 0 Å². The Labute approximate surface area is 217 Å². The van der Waals surface area contributed by atoms with Gasteiger partial charge in [-0.15, -0.1) is 23.5 Å². The molecule has 0 spiro atoms. The van der Waals surface area contributed by atoms with Gasteiger partial charge in [-0.05, 0) is 27.0 Å². The lowest BCUT2D eigenvalue weighted by Crippen LogP contribution is -2.71. The molecule has 2 atom stereocenters. The molecule has 0 bridgehead atoms. The normalized spacial score (nSPS) is 20.2. The van der Waals surface area contributed by atoms with E-state index in [9.17, 15) is 24.3 Å². The van der Waals surface area contributed by atoms with Gasteiger partial charge in [0.25, 0.3) is 11.8 Å². The predicted molar refractivity (Wildman–Crippen MR) is 133 cm³/mol. The van der Waals surface area contributed by atoms with Crippen LogP contribution in [-0.2, 0) is 28.8 Å². The number of nitrogens with zero attached hydrogens (tertiary/aromatic N) is 3. The second kappa shape index (κ2) is 10.6. The number of thiazole rings is 1. The van der Waals surface area contributed by atoms with Gasteiger partial charge >= 0.3 is 11.9 Å². The summed E-state index contributed by atoms with van der Waals surface area (Å²) in [6, 6.07) is -1.02. The minimum Gasteiger partial charge on any atom is -0.477 e. The smallest absolute Gasteiger partial charge is 0.353 e. The molecule has 1 fully saturated rings. The second-order valence-corrected chi connectivity index (χ2v) is 11.8. The molecule has 1 unspecified atom stereocenters. The summed E-state index contributed by atoms with van der Waals surface area (Å²) in [5.41, 5.74) is 4.34. The molecule has 4 N–H and O–H groups in total. The number of hydrogen-bond donors (Lipinski definition) is 3. The number of fused-ring (bicyclic) bond motifs is 1. The molecule has 2 amide bonds. The van der Waals surface area contributed by atoms with Crippen molar-refractivity contribution in [2.24, 2.45) is 5.16 Å². The molecule has 16 heteroatoms. The number of carboxylic acids is 1. The Kier molecular flexibility index (Phi) is 8.24. The van der Waals surface area contributed by atoms with Gasteiger partial charge in [0.1, 0.15) is 32.7 Å². The van der Waals surface area contributed by atoms with Gasteiger partial charge in [0.05, 0.1) is 0 Å². The maximum absolute atomic E-state index is 13.1. The highest BCUT2D eigenvalue weighted by Gasteiger charge is 2.54. The quantitative estimate of drug-likeness (QED) is 0.181. The number of aromatic nitrogens is 1. The standard InChI is InChI=1S/C19H22ClN5O7S3/c1-19(2,3)32-8(26)5-31-24-10(9-13(20)35-18(21)23-9)14(27)22-11-15(28)25-12(17(29)30)7(33-4)6-34-16(11)25/h11,16H,5-6H2,1-4H3,(H2,21,23)(H,22,27)(H,29,30)/t11?,16-/m0/s1. The number of rotatable bonds is 8. The molecule has 0 saturated carbocycles. The number of aliphatic carboxylic acids is 1. The molecule has 3 heterocycles. The van der Waals surface area contributed by atoms with Crippen LogP contribution in [0.5, 0.6) is 0 Å². The van der Waals surface area contributed by atoms with Crippen molar-refractivity contribution in [1.29, 1.82) is 0 Å². The van der Waals surface area contributed by atoms with E-state index >= 15 is 0 Å². The lowest BCUT2D eigenvalue weighted by molar-refractivity contribution is -0.160. The van der Waals surface area contributed by atoms with E-state index in [1.807, 2.05) is 0 Å². The van der Waals surface area contributed by atoms with Crippen LogP contribution in [0.15, 0.2) is 15.8 Å². The van der Waals surface area contributed by atoms with Gasteiger partial charge in [0.15, 0.2) is 10.8 Å². The number of amides is 2. The van der Waals surface area contributed by atoms with E-state index in [2.05, 4.69) is 15.5 Å². The lowest BCUT2D eigenvalue weighted by atomic mass is 10.0. The highest BCUT2D eigenvalue weighted by Crippen LogP contribution is 2.42. The number of carbonyl (C=O) groups is 4. The van der Waals surface area contributed by atoms with Crippen LogP contribution in [0.1, 0.15) is 26.5 Å². The zero-order valence-electron chi connectivity index (χ0n) is 19.0. The summed E-state index contributed by atoms with van der Waals surface area (Å²) in [5.74, 6) is -3.02. The maximum Gasteiger partial charge on any atom is 0.353 e. The Bertz CT molecular complexity index is 1130. The summed E-state index contributed by atoms with van der Waals surface area (Å²) in [5, 5.41) is 15.3. The van der Waals surface area contributed by atoms with Gasteiger partial charge < -0.3 is 25.7 Å². The van der Waals surface area contributed by atoms with Crippen LogP contribution in [0, 0.1) is 0 Å². The van der Waals surface area contributed by atoms with Crippen molar-refractivity contribution in [3.63, 3.8) is 0 Å². The fourth-order valence-electron chi connectivity index (χ4n) is 3.13. The predicted octanol–water partition coefficient (Wildman–Crippen LogP) is 1.50. The van der Waals surface area contributed by atoms with Crippen molar-refractivity contribution < 1.29 is 33.9 Å². The van der Waals surface area contributed by atoms with E-state index in [0.29, 0.717) is 10.7 Å². The fraction of sp³-hybridized carbons (Fsp3) is 0.474. The summed E-state index contributed by atoms with van der Waals surface area (Å²) in [4.78, 5) is 60.2. The molecule has 12 nitrogen and oxygen atoms in total. The number of halogens is 1. The van der Waals surface area contributed by atoms with Gasteiger partial charge in [-0.3, -0.25) is 14.5 Å². The molecule has 3 rings (SSSR count). The van der Waals surface area contributed by atoms with E-state index < -0.39 is 53.1 Å². The number of oxime groups is 1. The number of thioether (sulfide) groups is 2. The Morgan fingerprint density at radius 2 is 2.09 bits per heavy atom. The molecule has 1 aromatic heterocycles. The lowest BCUT2D eigenvalue weighted by Gasteiger charge is -2.49. The average Bonchev–Trinajstić information content (AvgIpc) is 3.09. The van der Waals surface area contributed by atoms with E-state index in [1.54, 1.807) is 27.0 Å². The van der Waals surface area contributed by atoms with Crippen LogP contribution >= 0.6 is 46.5 Å². The molecule has 2 aliphatic rings. The van der Waals surface area contributed by atoms with Gasteiger partial charge in [-0.25, -0.2) is 14.6 Å². The first-order valence-electron chi connectivity index (χ1n) is 9.94. The van der Waals surface area contributed by atoms with Crippen LogP contribution in [-0.4, -0.2) is 80.1 Å². The first-order valence-corrected chi connectivity index (χ1v) is 13.4. The van der Waals surface area contributed by atoms with E-state index in [-0.39, 0.29) is 20.9 Å². The SMILES string of the molecule is CSC1=C(C(=O)O)N2C(=O)C(NC(=O)C(=NOCC(=O)OC(C)(C)C)c3nc(N)sc3Cl)[C@@H]2SC1. The molecule has 190 valence electrons. The van der Waals surface area contributed by atoms with Crippen LogP contribution in [0.25, 0.3) is 0 Å². The molecule has 0 aromatic carbocycles. The number of esters is 1. The summed E-state index contributed by atoms with van der Waals surface area (Å²) in [6.45, 7) is 4.45. The Hall–Kier alpha value is -2.49. The van der Waals surface area contributed by atoms with Gasteiger partial charge in [-0.2, -0.15) is 0 Å². The highest BCUT2D eigenvalue weighted by molar-refractivity contribution is 8.05. The van der Waals surface area contributed by atoms with E-state index in [1.165, 1.54) is 23.5 Å². The minimum absolute atomic E-state index is 0.0478. The van der Waals surface area contributed by atoms with Crippen molar-refractivity contribution in [3.05, 3.63) is 20.6 Å². The third kappa shape index (κ3) is 6.02. The molecule has 1 aromatic rings. The third-order valence-corrected chi connectivity index (χ3v) is 7.85. The van der Waals surface area contributed by atoms with Crippen LogP contribution in [0.2, 0.25) is 4.34 Å². The van der Waals surface area contributed by atoms with Crippen molar-refractivity contribution in [1.82, 2.24) is 15.2 Å². The number of carbonyl (C=O) groups excluding carboxylic acids is 3. The molecule has 1 saturated heterocycles. The summed E-state index contributed by atoms with van der Waals surface area (Å²) in [6.07, 6.45) is 1.73. The van der Waals surface area contributed by atoms with E-state index in [0.717, 1.165) is 16.2 Å². The molecular formula is C19H22ClN5O7S3. The van der Waals surface area contributed by atoms with Crippen molar-refractivity contribution in [3.8, 4) is 0 Å². The number of β-lactam (4-membered cyclic amide) rings is 1. The number of carboxylic acid groups (broad SMARTS) is 1. The van der Waals surface area contributed by atoms with Gasteiger partial charge in [-0.1, -0.05) is 28.1 Å². The third-order valence-electron chi connectivity index (χ3n) is 4.47. The molecule has 2 aliphatic heterocycles. The second-order valence-electron chi connectivity index (χ2n) is 8.12. The number of nitrogens with one attached hydrogen (secondary N) is 1. The first kappa shape index (κ1) is 27.1. The summed E-state index contributed by atoms with van der Waals surface area (Å²) < 4.78 is 5.17. The summed E-state index contributed by atoms with van der Waals surface area (Å²) in [7, 11) is 0. The Balaban J connectivity index is 1.79. The van der Waals surface area contributed by atoms with Crippen LogP contribution < -0.4 is 11.1 Å².